The van der Waals surface area contributed by atoms with Gasteiger partial charge in [-0.2, -0.15) is 0 Å². The first-order chi connectivity index (χ1) is 9.52. The van der Waals surface area contributed by atoms with E-state index in [1.54, 1.807) is 19.1 Å². The van der Waals surface area contributed by atoms with Gasteiger partial charge in [0.05, 0.1) is 0 Å². The zero-order valence-corrected chi connectivity index (χ0v) is 13.2. The quantitative estimate of drug-likeness (QED) is 0.794. The standard InChI is InChI=1S/C14H19BrN2O3/c1-3-8-16-14(19)10(2)17-13(18)9-20-12-6-4-11(15)5-7-12/h4-7,10H,3,8-9H2,1-2H3,(H,16,19)(H,17,18)/t10-/m0/s1. The SMILES string of the molecule is CCCNC(=O)[C@H](C)NC(=O)COc1ccc(Br)cc1. The summed E-state index contributed by atoms with van der Waals surface area (Å²) in [5, 5.41) is 5.30. The first kappa shape index (κ1) is 16.5. The van der Waals surface area contributed by atoms with Gasteiger partial charge in [-0.25, -0.2) is 0 Å². The monoisotopic (exact) mass is 342 g/mol. The number of benzene rings is 1. The Kier molecular flexibility index (Phi) is 7.08. The Hall–Kier alpha value is -1.56. The molecule has 1 aromatic rings. The average Bonchev–Trinajstić information content (AvgIpc) is 2.44. The number of carbonyl (C=O) groups excluding carboxylic acids is 2. The third-order valence-electron chi connectivity index (χ3n) is 2.50. The van der Waals surface area contributed by atoms with Gasteiger partial charge >= 0.3 is 0 Å². The Morgan fingerprint density at radius 3 is 2.55 bits per heavy atom. The topological polar surface area (TPSA) is 67.4 Å². The van der Waals surface area contributed by atoms with Crippen LogP contribution in [-0.4, -0.2) is 31.0 Å². The molecule has 0 heterocycles. The van der Waals surface area contributed by atoms with Crippen LogP contribution in [0, 0.1) is 0 Å². The van der Waals surface area contributed by atoms with Gasteiger partial charge in [-0.3, -0.25) is 9.59 Å². The lowest BCUT2D eigenvalue weighted by Gasteiger charge is -2.14. The number of nitrogens with one attached hydrogen (secondary N) is 2. The van der Waals surface area contributed by atoms with Gasteiger partial charge in [0, 0.05) is 11.0 Å². The fourth-order valence-electron chi connectivity index (χ4n) is 1.43. The van der Waals surface area contributed by atoms with E-state index in [1.165, 1.54) is 0 Å². The summed E-state index contributed by atoms with van der Waals surface area (Å²) in [7, 11) is 0. The van der Waals surface area contributed by atoms with Gasteiger partial charge in [0.15, 0.2) is 6.61 Å². The first-order valence-electron chi connectivity index (χ1n) is 6.48. The molecule has 2 amide bonds. The number of rotatable bonds is 7. The minimum absolute atomic E-state index is 0.118. The van der Waals surface area contributed by atoms with Crippen LogP contribution in [0.15, 0.2) is 28.7 Å². The number of hydrogen-bond donors (Lipinski definition) is 2. The molecule has 1 rings (SSSR count). The third-order valence-corrected chi connectivity index (χ3v) is 3.03. The summed E-state index contributed by atoms with van der Waals surface area (Å²) in [4.78, 5) is 23.2. The lowest BCUT2D eigenvalue weighted by molar-refractivity contribution is -0.129. The Morgan fingerprint density at radius 1 is 1.30 bits per heavy atom. The van der Waals surface area contributed by atoms with E-state index < -0.39 is 6.04 Å². The van der Waals surface area contributed by atoms with Crippen LogP contribution < -0.4 is 15.4 Å². The molecule has 0 radical (unpaired) electrons. The van der Waals surface area contributed by atoms with Gasteiger partial charge in [-0.05, 0) is 37.6 Å². The molecule has 0 unspecified atom stereocenters. The van der Waals surface area contributed by atoms with Crippen LogP contribution in [0.25, 0.3) is 0 Å². The summed E-state index contributed by atoms with van der Waals surface area (Å²) in [6, 6.07) is 6.61. The van der Waals surface area contributed by atoms with Gasteiger partial charge in [-0.15, -0.1) is 0 Å². The zero-order chi connectivity index (χ0) is 15.0. The highest BCUT2D eigenvalue weighted by molar-refractivity contribution is 9.10. The highest BCUT2D eigenvalue weighted by Crippen LogP contribution is 2.15. The van der Waals surface area contributed by atoms with Crippen molar-refractivity contribution in [1.29, 1.82) is 0 Å². The van der Waals surface area contributed by atoms with Gasteiger partial charge in [0.25, 0.3) is 5.91 Å². The number of halogens is 1. The molecule has 0 bridgehead atoms. The second kappa shape index (κ2) is 8.58. The predicted molar refractivity (Wildman–Crippen MR) is 80.5 cm³/mol. The minimum atomic E-state index is -0.567. The summed E-state index contributed by atoms with van der Waals surface area (Å²) in [5.74, 6) is 0.0855. The molecular weight excluding hydrogens is 324 g/mol. The molecule has 0 aromatic heterocycles. The van der Waals surface area contributed by atoms with E-state index in [0.29, 0.717) is 12.3 Å². The van der Waals surface area contributed by atoms with E-state index in [1.807, 2.05) is 19.1 Å². The highest BCUT2D eigenvalue weighted by Gasteiger charge is 2.14. The molecule has 20 heavy (non-hydrogen) atoms. The third kappa shape index (κ3) is 6.06. The van der Waals surface area contributed by atoms with Crippen LogP contribution >= 0.6 is 15.9 Å². The summed E-state index contributed by atoms with van der Waals surface area (Å²) in [6.07, 6.45) is 0.860. The maximum atomic E-state index is 11.6. The van der Waals surface area contributed by atoms with Crippen LogP contribution in [-0.2, 0) is 9.59 Å². The van der Waals surface area contributed by atoms with Crippen LogP contribution in [0.3, 0.4) is 0 Å². The van der Waals surface area contributed by atoms with Gasteiger partial charge < -0.3 is 15.4 Å². The fraction of sp³-hybridized carbons (Fsp3) is 0.429. The average molecular weight is 343 g/mol. The van der Waals surface area contributed by atoms with E-state index in [4.69, 9.17) is 4.74 Å². The lowest BCUT2D eigenvalue weighted by Crippen LogP contribution is -2.46. The molecule has 0 spiro atoms. The smallest absolute Gasteiger partial charge is 0.258 e. The summed E-state index contributed by atoms with van der Waals surface area (Å²) >= 11 is 3.32. The van der Waals surface area contributed by atoms with Crippen LogP contribution in [0.1, 0.15) is 20.3 Å². The summed E-state index contributed by atoms with van der Waals surface area (Å²) < 4.78 is 6.26. The molecule has 0 aliphatic carbocycles. The lowest BCUT2D eigenvalue weighted by atomic mass is 10.3. The van der Waals surface area contributed by atoms with E-state index in [2.05, 4.69) is 26.6 Å². The maximum absolute atomic E-state index is 11.6. The molecule has 1 aromatic carbocycles. The summed E-state index contributed by atoms with van der Waals surface area (Å²) in [6.45, 7) is 4.10. The second-order valence-electron chi connectivity index (χ2n) is 4.32. The van der Waals surface area contributed by atoms with E-state index in [9.17, 15) is 9.59 Å². The highest BCUT2D eigenvalue weighted by atomic mass is 79.9. The van der Waals surface area contributed by atoms with Crippen molar-refractivity contribution >= 4 is 27.7 Å². The Morgan fingerprint density at radius 2 is 1.95 bits per heavy atom. The van der Waals surface area contributed by atoms with Gasteiger partial charge in [-0.1, -0.05) is 22.9 Å². The molecule has 5 nitrogen and oxygen atoms in total. The van der Waals surface area contributed by atoms with E-state index in [-0.39, 0.29) is 18.4 Å². The van der Waals surface area contributed by atoms with Crippen LogP contribution in [0.5, 0.6) is 5.75 Å². The molecule has 0 saturated carbocycles. The summed E-state index contributed by atoms with van der Waals surface area (Å²) in [5.41, 5.74) is 0. The Labute approximate surface area is 127 Å². The molecule has 2 N–H and O–H groups in total. The normalized spacial score (nSPS) is 11.6. The van der Waals surface area contributed by atoms with Gasteiger partial charge in [0.1, 0.15) is 11.8 Å². The number of amides is 2. The minimum Gasteiger partial charge on any atom is -0.484 e. The fourth-order valence-corrected chi connectivity index (χ4v) is 1.69. The molecule has 0 aliphatic rings. The van der Waals surface area contributed by atoms with Gasteiger partial charge in [0.2, 0.25) is 5.91 Å². The van der Waals surface area contributed by atoms with Crippen molar-refractivity contribution in [1.82, 2.24) is 10.6 Å². The molecular formula is C14H19BrN2O3. The van der Waals surface area contributed by atoms with Crippen molar-refractivity contribution in [3.63, 3.8) is 0 Å². The molecule has 110 valence electrons. The van der Waals surface area contributed by atoms with Crippen LogP contribution in [0.4, 0.5) is 0 Å². The Balaban J connectivity index is 2.32. The largest absolute Gasteiger partial charge is 0.484 e. The Bertz CT molecular complexity index is 448. The van der Waals surface area contributed by atoms with Crippen molar-refractivity contribution in [2.75, 3.05) is 13.2 Å². The molecule has 0 aliphatic heterocycles. The van der Waals surface area contributed by atoms with E-state index >= 15 is 0 Å². The van der Waals surface area contributed by atoms with Crippen LogP contribution in [0.2, 0.25) is 0 Å². The first-order valence-corrected chi connectivity index (χ1v) is 7.27. The molecule has 6 heteroatoms. The number of carbonyl (C=O) groups is 2. The predicted octanol–water partition coefficient (Wildman–Crippen LogP) is 1.86. The van der Waals surface area contributed by atoms with Crippen molar-refractivity contribution in [3.05, 3.63) is 28.7 Å². The maximum Gasteiger partial charge on any atom is 0.258 e. The van der Waals surface area contributed by atoms with Crippen molar-refractivity contribution in [2.45, 2.75) is 26.3 Å². The van der Waals surface area contributed by atoms with Crippen molar-refractivity contribution < 1.29 is 14.3 Å². The molecule has 0 saturated heterocycles. The van der Waals surface area contributed by atoms with E-state index in [0.717, 1.165) is 10.9 Å². The number of hydrogen-bond acceptors (Lipinski definition) is 3. The van der Waals surface area contributed by atoms with Crippen molar-refractivity contribution in [3.8, 4) is 5.75 Å². The zero-order valence-electron chi connectivity index (χ0n) is 11.6. The molecule has 1 atom stereocenters. The molecule has 0 fully saturated rings. The number of ether oxygens (including phenoxy) is 1. The second-order valence-corrected chi connectivity index (χ2v) is 5.24. The van der Waals surface area contributed by atoms with Crippen molar-refractivity contribution in [2.24, 2.45) is 0 Å².